The minimum atomic E-state index is 0.623. The molecule has 2 heteroatoms. The molecule has 0 bridgehead atoms. The van der Waals surface area contributed by atoms with Crippen LogP contribution in [0, 0.1) is 0 Å². The van der Waals surface area contributed by atoms with Crippen LogP contribution in [-0.2, 0) is 0 Å². The molecule has 20 heavy (non-hydrogen) atoms. The average Bonchev–Trinajstić information content (AvgIpc) is 2.56. The van der Waals surface area contributed by atoms with E-state index in [4.69, 9.17) is 5.84 Å². The largest absolute Gasteiger partial charge is 0.268 e. The predicted octanol–water partition coefficient (Wildman–Crippen LogP) is 4.22. The summed E-state index contributed by atoms with van der Waals surface area (Å²) in [5.74, 6) is 7.20. The fourth-order valence-corrected chi connectivity index (χ4v) is 4.11. The van der Waals surface area contributed by atoms with Crippen LogP contribution in [0.25, 0.3) is 0 Å². The summed E-state index contributed by atoms with van der Waals surface area (Å²) in [6.07, 6.45) is 11.9. The molecule has 3 rings (SSSR count). The summed E-state index contributed by atoms with van der Waals surface area (Å²) in [6.45, 7) is 0. The zero-order valence-corrected chi connectivity index (χ0v) is 12.5. The second-order valence-electron chi connectivity index (χ2n) is 6.66. The molecule has 0 aliphatic heterocycles. The molecule has 0 saturated heterocycles. The summed E-state index contributed by atoms with van der Waals surface area (Å²) in [5, 5.41) is 2.24. The van der Waals surface area contributed by atoms with Crippen LogP contribution in [0.3, 0.4) is 0 Å². The Bertz CT molecular complexity index is 389. The van der Waals surface area contributed by atoms with E-state index in [2.05, 4.69) is 35.3 Å². The number of nitrogens with two attached hydrogens (primary N) is 1. The maximum Gasteiger partial charge on any atom is 0.0244 e. The Labute approximate surface area is 123 Å². The zero-order chi connectivity index (χ0) is 13.8. The monoisotopic (exact) mass is 272 g/mol. The van der Waals surface area contributed by atoms with E-state index < -0.39 is 0 Å². The normalized spacial score (nSPS) is 28.7. The van der Waals surface area contributed by atoms with E-state index in [1.807, 2.05) is 0 Å². The van der Waals surface area contributed by atoms with Crippen LogP contribution in [0.15, 0.2) is 30.3 Å². The van der Waals surface area contributed by atoms with Gasteiger partial charge in [0.25, 0.3) is 0 Å². The zero-order valence-electron chi connectivity index (χ0n) is 12.5. The smallest absolute Gasteiger partial charge is 0.0244 e. The fourth-order valence-electron chi connectivity index (χ4n) is 4.11. The minimum absolute atomic E-state index is 0.623. The Morgan fingerprint density at radius 3 is 2.00 bits per heavy atom. The van der Waals surface area contributed by atoms with Crippen molar-refractivity contribution in [2.24, 2.45) is 5.84 Å². The van der Waals surface area contributed by atoms with Crippen LogP contribution in [-0.4, -0.2) is 17.1 Å². The molecule has 1 aromatic rings. The Kier molecular flexibility index (Phi) is 4.74. The Morgan fingerprint density at radius 2 is 1.35 bits per heavy atom. The van der Waals surface area contributed by atoms with Crippen LogP contribution in [0.2, 0.25) is 0 Å². The standard InChI is InChI=1S/C18H28N2/c19-20(17-9-5-2-6-10-17)18-13-11-16(12-14-18)15-7-3-1-4-8-15/h1,3-4,7-8,16-18H,2,5-6,9-14,19H2/t16-,18+. The van der Waals surface area contributed by atoms with Gasteiger partial charge in [-0.3, -0.25) is 5.84 Å². The first-order valence-corrected chi connectivity index (χ1v) is 8.42. The van der Waals surface area contributed by atoms with Gasteiger partial charge < -0.3 is 0 Å². The molecule has 2 aliphatic rings. The van der Waals surface area contributed by atoms with Crippen molar-refractivity contribution in [2.75, 3.05) is 0 Å². The third kappa shape index (κ3) is 3.24. The topological polar surface area (TPSA) is 29.3 Å². The lowest BCUT2D eigenvalue weighted by molar-refractivity contribution is 0.0776. The molecular weight excluding hydrogens is 244 g/mol. The molecule has 0 heterocycles. The van der Waals surface area contributed by atoms with Crippen molar-refractivity contribution < 1.29 is 0 Å². The Balaban J connectivity index is 1.53. The van der Waals surface area contributed by atoms with Crippen molar-refractivity contribution in [3.8, 4) is 0 Å². The molecule has 2 aliphatic carbocycles. The number of rotatable bonds is 3. The SMILES string of the molecule is NN(C1CCCCC1)[C@H]1CC[C@@H](c2ccccc2)CC1. The van der Waals surface area contributed by atoms with Crippen LogP contribution in [0.4, 0.5) is 0 Å². The summed E-state index contributed by atoms with van der Waals surface area (Å²) >= 11 is 0. The van der Waals surface area contributed by atoms with Crippen LogP contribution in [0.1, 0.15) is 69.3 Å². The summed E-state index contributed by atoms with van der Waals surface area (Å²) in [5.41, 5.74) is 1.52. The number of hydrogen-bond donors (Lipinski definition) is 1. The van der Waals surface area contributed by atoms with Gasteiger partial charge in [-0.15, -0.1) is 0 Å². The highest BCUT2D eigenvalue weighted by atomic mass is 15.4. The van der Waals surface area contributed by atoms with Gasteiger partial charge in [0.15, 0.2) is 0 Å². The van der Waals surface area contributed by atoms with E-state index in [1.54, 1.807) is 0 Å². The summed E-state index contributed by atoms with van der Waals surface area (Å²) in [6, 6.07) is 12.3. The van der Waals surface area contributed by atoms with Gasteiger partial charge in [-0.25, -0.2) is 5.01 Å². The van der Waals surface area contributed by atoms with Gasteiger partial charge in [0.05, 0.1) is 0 Å². The predicted molar refractivity (Wildman–Crippen MR) is 84.3 cm³/mol. The molecule has 0 amide bonds. The third-order valence-corrected chi connectivity index (χ3v) is 5.39. The molecule has 0 aromatic heterocycles. The number of nitrogens with zero attached hydrogens (tertiary/aromatic N) is 1. The lowest BCUT2D eigenvalue weighted by atomic mass is 9.81. The van der Waals surface area contributed by atoms with Gasteiger partial charge in [-0.1, -0.05) is 49.6 Å². The second-order valence-corrected chi connectivity index (χ2v) is 6.66. The molecule has 110 valence electrons. The number of hydrazine groups is 1. The third-order valence-electron chi connectivity index (χ3n) is 5.39. The first-order valence-electron chi connectivity index (χ1n) is 8.42. The molecule has 0 spiro atoms. The van der Waals surface area contributed by atoms with Gasteiger partial charge in [-0.05, 0) is 50.0 Å². The van der Waals surface area contributed by atoms with E-state index in [-0.39, 0.29) is 0 Å². The molecule has 0 unspecified atom stereocenters. The first-order chi connectivity index (χ1) is 9.84. The maximum atomic E-state index is 6.44. The van der Waals surface area contributed by atoms with Gasteiger partial charge >= 0.3 is 0 Å². The summed E-state index contributed by atoms with van der Waals surface area (Å²) in [7, 11) is 0. The lowest BCUT2D eigenvalue weighted by Crippen LogP contribution is -2.50. The van der Waals surface area contributed by atoms with Crippen molar-refractivity contribution in [2.45, 2.75) is 75.8 Å². The Hall–Kier alpha value is -0.860. The van der Waals surface area contributed by atoms with Crippen LogP contribution >= 0.6 is 0 Å². The maximum absolute atomic E-state index is 6.44. The fraction of sp³-hybridized carbons (Fsp3) is 0.667. The van der Waals surface area contributed by atoms with Crippen molar-refractivity contribution in [3.05, 3.63) is 35.9 Å². The summed E-state index contributed by atoms with van der Waals surface area (Å²) in [4.78, 5) is 0. The highest BCUT2D eigenvalue weighted by molar-refractivity contribution is 5.20. The highest BCUT2D eigenvalue weighted by Crippen LogP contribution is 2.35. The molecule has 0 atom stereocenters. The van der Waals surface area contributed by atoms with E-state index in [1.165, 1.54) is 63.4 Å². The second kappa shape index (κ2) is 6.73. The van der Waals surface area contributed by atoms with E-state index in [0.717, 1.165) is 5.92 Å². The molecular formula is C18H28N2. The average molecular weight is 272 g/mol. The van der Waals surface area contributed by atoms with Crippen molar-refractivity contribution in [1.29, 1.82) is 0 Å². The highest BCUT2D eigenvalue weighted by Gasteiger charge is 2.29. The van der Waals surface area contributed by atoms with E-state index >= 15 is 0 Å². The molecule has 2 N–H and O–H groups in total. The lowest BCUT2D eigenvalue weighted by Gasteiger charge is -2.40. The summed E-state index contributed by atoms with van der Waals surface area (Å²) < 4.78 is 0. The van der Waals surface area contributed by atoms with E-state index in [0.29, 0.717) is 12.1 Å². The molecule has 0 radical (unpaired) electrons. The number of hydrogen-bond acceptors (Lipinski definition) is 2. The molecule has 2 nitrogen and oxygen atoms in total. The molecule has 2 fully saturated rings. The minimum Gasteiger partial charge on any atom is -0.268 e. The van der Waals surface area contributed by atoms with Crippen molar-refractivity contribution in [1.82, 2.24) is 5.01 Å². The van der Waals surface area contributed by atoms with Gasteiger partial charge in [0, 0.05) is 12.1 Å². The Morgan fingerprint density at radius 1 is 0.750 bits per heavy atom. The van der Waals surface area contributed by atoms with Crippen molar-refractivity contribution >= 4 is 0 Å². The number of benzene rings is 1. The molecule has 2 saturated carbocycles. The van der Waals surface area contributed by atoms with Gasteiger partial charge in [0.2, 0.25) is 0 Å². The van der Waals surface area contributed by atoms with E-state index in [9.17, 15) is 0 Å². The van der Waals surface area contributed by atoms with Crippen molar-refractivity contribution in [3.63, 3.8) is 0 Å². The van der Waals surface area contributed by atoms with Gasteiger partial charge in [-0.2, -0.15) is 0 Å². The molecule has 1 aromatic carbocycles. The van der Waals surface area contributed by atoms with Crippen LogP contribution in [0.5, 0.6) is 0 Å². The first kappa shape index (κ1) is 14.1. The van der Waals surface area contributed by atoms with Crippen LogP contribution < -0.4 is 5.84 Å². The van der Waals surface area contributed by atoms with Gasteiger partial charge in [0.1, 0.15) is 0 Å². The quantitative estimate of drug-likeness (QED) is 0.659.